The molecule has 1 rings (SSSR count). The van der Waals surface area contributed by atoms with Crippen LogP contribution >= 0.6 is 0 Å². The zero-order valence-corrected chi connectivity index (χ0v) is 6.15. The molecule has 0 N–H and O–H groups in total. The fraction of sp³-hybridized carbons (Fsp3) is 0.750. The maximum Gasteiger partial charge on any atom is -0.0109 e. The van der Waals surface area contributed by atoms with Crippen molar-refractivity contribution in [1.29, 1.82) is 0 Å². The molecule has 0 unspecified atom stereocenters. The van der Waals surface area contributed by atoms with E-state index in [0.29, 0.717) is 5.41 Å². The molecule has 0 saturated carbocycles. The Labute approximate surface area is 51.6 Å². The van der Waals surface area contributed by atoms with Crippen LogP contribution in [0.25, 0.3) is 0 Å². The van der Waals surface area contributed by atoms with Crippen molar-refractivity contribution in [3.8, 4) is 0 Å². The van der Waals surface area contributed by atoms with Crippen LogP contribution in [0.2, 0.25) is 0 Å². The van der Waals surface area contributed by atoms with Gasteiger partial charge in [-0.2, -0.15) is 0 Å². The van der Waals surface area contributed by atoms with Crippen molar-refractivity contribution in [3.63, 3.8) is 0 Å². The quantitative estimate of drug-likeness (QED) is 0.420. The topological polar surface area (TPSA) is 0 Å². The van der Waals surface area contributed by atoms with E-state index in [1.165, 1.54) is 0 Å². The number of hydrogen-bond donors (Lipinski definition) is 0. The molecule has 46 valence electrons. The van der Waals surface area contributed by atoms with Crippen LogP contribution in [-0.4, -0.2) is 0 Å². The van der Waals surface area contributed by atoms with Gasteiger partial charge in [-0.25, -0.2) is 0 Å². The number of hydrogen-bond acceptors (Lipinski definition) is 0. The molecule has 0 saturated heterocycles. The lowest BCUT2D eigenvalue weighted by Crippen LogP contribution is -2.29. The van der Waals surface area contributed by atoms with Gasteiger partial charge >= 0.3 is 0 Å². The van der Waals surface area contributed by atoms with E-state index in [1.807, 2.05) is 0 Å². The van der Waals surface area contributed by atoms with Crippen molar-refractivity contribution in [3.05, 3.63) is 11.6 Å². The molecule has 0 nitrogen and oxygen atoms in total. The maximum absolute atomic E-state index is 2.34. The Balaban J connectivity index is 2.74. The molecular weight excluding hydrogens is 96.1 g/mol. The van der Waals surface area contributed by atoms with Crippen LogP contribution in [0.4, 0.5) is 0 Å². The van der Waals surface area contributed by atoms with Crippen LogP contribution in [0.5, 0.6) is 0 Å². The van der Waals surface area contributed by atoms with Crippen molar-refractivity contribution in [2.75, 3.05) is 0 Å². The second-order valence-corrected chi connectivity index (χ2v) is 3.43. The molecule has 1 atom stereocenters. The van der Waals surface area contributed by atoms with Gasteiger partial charge in [0.25, 0.3) is 0 Å². The molecule has 0 aromatic heterocycles. The van der Waals surface area contributed by atoms with E-state index < -0.39 is 0 Å². The fourth-order valence-corrected chi connectivity index (χ4v) is 1.33. The summed E-state index contributed by atoms with van der Waals surface area (Å²) < 4.78 is 0. The van der Waals surface area contributed by atoms with Gasteiger partial charge in [-0.3, -0.25) is 0 Å². The van der Waals surface area contributed by atoms with Crippen LogP contribution in [0.15, 0.2) is 11.6 Å². The van der Waals surface area contributed by atoms with E-state index in [2.05, 4.69) is 33.8 Å². The zero-order chi connectivity index (χ0) is 6.36. The average molecular weight is 110 g/mol. The molecule has 8 heavy (non-hydrogen) atoms. The van der Waals surface area contributed by atoms with E-state index in [-0.39, 0.29) is 0 Å². The minimum atomic E-state index is 0.490. The summed E-state index contributed by atoms with van der Waals surface area (Å²) in [7, 11) is 0. The first-order valence-electron chi connectivity index (χ1n) is 3.23. The first kappa shape index (κ1) is 5.87. The first-order chi connectivity index (χ1) is 3.54. The predicted molar refractivity (Wildman–Crippen MR) is 36.7 cm³/mol. The minimum absolute atomic E-state index is 0.490. The molecule has 0 heterocycles. The van der Waals surface area contributed by atoms with Gasteiger partial charge in [0.1, 0.15) is 0 Å². The summed E-state index contributed by atoms with van der Waals surface area (Å²) >= 11 is 0. The van der Waals surface area contributed by atoms with Crippen LogP contribution in [-0.2, 0) is 0 Å². The van der Waals surface area contributed by atoms with Crippen molar-refractivity contribution < 1.29 is 0 Å². The highest BCUT2D eigenvalue weighted by Crippen LogP contribution is 2.43. The van der Waals surface area contributed by atoms with E-state index in [4.69, 9.17) is 0 Å². The van der Waals surface area contributed by atoms with Gasteiger partial charge in [0.05, 0.1) is 0 Å². The highest BCUT2D eigenvalue weighted by atomic mass is 14.4. The molecule has 0 fully saturated rings. The SMILES string of the molecule is CC1=CC(C)(C)[C@H]1C. The van der Waals surface area contributed by atoms with E-state index in [0.717, 1.165) is 5.92 Å². The van der Waals surface area contributed by atoms with Crippen LogP contribution in [0.1, 0.15) is 27.7 Å². The third kappa shape index (κ3) is 0.594. The van der Waals surface area contributed by atoms with E-state index in [1.54, 1.807) is 5.57 Å². The predicted octanol–water partition coefficient (Wildman–Crippen LogP) is 2.61. The van der Waals surface area contributed by atoms with Crippen molar-refractivity contribution in [1.82, 2.24) is 0 Å². The molecule has 1 aliphatic carbocycles. The summed E-state index contributed by atoms with van der Waals surface area (Å²) in [5, 5.41) is 0. The first-order valence-corrected chi connectivity index (χ1v) is 3.23. The Morgan fingerprint density at radius 2 is 2.00 bits per heavy atom. The van der Waals surface area contributed by atoms with Crippen molar-refractivity contribution in [2.45, 2.75) is 27.7 Å². The molecule has 0 bridgehead atoms. The molecule has 1 aliphatic rings. The van der Waals surface area contributed by atoms with Gasteiger partial charge in [-0.05, 0) is 18.3 Å². The lowest BCUT2D eigenvalue weighted by Gasteiger charge is -2.39. The van der Waals surface area contributed by atoms with E-state index in [9.17, 15) is 0 Å². The molecule has 0 aliphatic heterocycles. The molecule has 0 aromatic rings. The molecular formula is C8H14. The fourth-order valence-electron chi connectivity index (χ4n) is 1.33. The van der Waals surface area contributed by atoms with Crippen molar-refractivity contribution in [2.24, 2.45) is 11.3 Å². The standard InChI is InChI=1S/C8H14/c1-6-5-8(3,4)7(6)2/h5,7H,1-4H3/t7-/m0/s1. The lowest BCUT2D eigenvalue weighted by atomic mass is 9.66. The number of rotatable bonds is 0. The van der Waals surface area contributed by atoms with Gasteiger partial charge in [-0.15, -0.1) is 0 Å². The van der Waals surface area contributed by atoms with Gasteiger partial charge in [0.2, 0.25) is 0 Å². The smallest absolute Gasteiger partial charge is 0.0109 e. The normalized spacial score (nSPS) is 33.5. The maximum atomic E-state index is 2.34. The Morgan fingerprint density at radius 3 is 2.00 bits per heavy atom. The third-order valence-corrected chi connectivity index (χ3v) is 2.40. The summed E-state index contributed by atoms with van der Waals surface area (Å²) in [6, 6.07) is 0. The second-order valence-electron chi connectivity index (χ2n) is 3.43. The summed E-state index contributed by atoms with van der Waals surface area (Å²) in [6.07, 6.45) is 2.34. The van der Waals surface area contributed by atoms with Crippen LogP contribution in [0, 0.1) is 11.3 Å². The Kier molecular flexibility index (Phi) is 1.00. The summed E-state index contributed by atoms with van der Waals surface area (Å²) in [6.45, 7) is 9.06. The molecule has 0 aromatic carbocycles. The van der Waals surface area contributed by atoms with Crippen LogP contribution < -0.4 is 0 Å². The summed E-state index contributed by atoms with van der Waals surface area (Å²) in [5.74, 6) is 0.808. The Bertz CT molecular complexity index is 129. The second kappa shape index (κ2) is 1.37. The summed E-state index contributed by atoms with van der Waals surface area (Å²) in [5.41, 5.74) is 2.04. The monoisotopic (exact) mass is 110 g/mol. The van der Waals surface area contributed by atoms with Gasteiger partial charge in [0, 0.05) is 0 Å². The van der Waals surface area contributed by atoms with E-state index >= 15 is 0 Å². The average Bonchev–Trinajstić information content (AvgIpc) is 1.65. The van der Waals surface area contributed by atoms with Gasteiger partial charge in [-0.1, -0.05) is 32.4 Å². The molecule has 0 spiro atoms. The highest BCUT2D eigenvalue weighted by Gasteiger charge is 2.32. The van der Waals surface area contributed by atoms with Crippen LogP contribution in [0.3, 0.4) is 0 Å². The molecule has 0 radical (unpaired) electrons. The summed E-state index contributed by atoms with van der Waals surface area (Å²) in [4.78, 5) is 0. The Morgan fingerprint density at radius 1 is 1.50 bits per heavy atom. The highest BCUT2D eigenvalue weighted by molar-refractivity contribution is 5.23. The lowest BCUT2D eigenvalue weighted by molar-refractivity contribution is 0.296. The minimum Gasteiger partial charge on any atom is -0.0790 e. The molecule has 0 amide bonds. The third-order valence-electron chi connectivity index (χ3n) is 2.40. The largest absolute Gasteiger partial charge is 0.0790 e. The van der Waals surface area contributed by atoms with Crippen molar-refractivity contribution >= 4 is 0 Å². The zero-order valence-electron chi connectivity index (χ0n) is 6.15. The van der Waals surface area contributed by atoms with Gasteiger partial charge < -0.3 is 0 Å². The number of allylic oxidation sites excluding steroid dienone is 2. The van der Waals surface area contributed by atoms with Gasteiger partial charge in [0.15, 0.2) is 0 Å². The molecule has 0 heteroatoms. The Hall–Kier alpha value is -0.260.